The summed E-state index contributed by atoms with van der Waals surface area (Å²) in [6, 6.07) is 21.6. The summed E-state index contributed by atoms with van der Waals surface area (Å²) in [4.78, 5) is 0. The number of hydrogen-bond donors (Lipinski definition) is 0. The lowest BCUT2D eigenvalue weighted by molar-refractivity contribution is -0.704. The van der Waals surface area contributed by atoms with Crippen LogP contribution in [0.4, 0.5) is 0 Å². The number of nitrogens with zero attached hydrogens (tertiary/aromatic N) is 2. The van der Waals surface area contributed by atoms with Crippen molar-refractivity contribution in [2.45, 2.75) is 19.9 Å². The summed E-state index contributed by atoms with van der Waals surface area (Å²) in [6.45, 7) is 4.45. The van der Waals surface area contributed by atoms with Crippen LogP contribution < -0.4 is 28.5 Å². The molecule has 0 atom stereocenters. The molecule has 114 valence electrons. The highest BCUT2D eigenvalue weighted by molar-refractivity contribution is 5.63. The van der Waals surface area contributed by atoms with Crippen molar-refractivity contribution in [3.63, 3.8) is 0 Å². The summed E-state index contributed by atoms with van der Waals surface area (Å²) in [5.41, 5.74) is 3.73. The summed E-state index contributed by atoms with van der Waals surface area (Å²) in [6.07, 6.45) is 2.25. The topological polar surface area (TPSA) is 8.81 Å². The van der Waals surface area contributed by atoms with Crippen LogP contribution in [0, 0.1) is 0 Å². The molecule has 0 amide bonds. The zero-order chi connectivity index (χ0) is 14.8. The van der Waals surface area contributed by atoms with E-state index in [4.69, 9.17) is 0 Å². The van der Waals surface area contributed by atoms with Crippen molar-refractivity contribution < 1.29 is 28.5 Å². The lowest BCUT2D eigenvalue weighted by Crippen LogP contribution is -3.00. The molecule has 0 aliphatic heterocycles. The van der Waals surface area contributed by atoms with E-state index in [0.717, 1.165) is 0 Å². The molecule has 22 heavy (non-hydrogen) atoms. The van der Waals surface area contributed by atoms with E-state index < -0.39 is 0 Å². The van der Waals surface area contributed by atoms with Crippen LogP contribution in [0.1, 0.15) is 19.9 Å². The van der Waals surface area contributed by atoms with E-state index in [-0.39, 0.29) is 24.0 Å². The standard InChI is InChI=1S/C19H21N2.HI/c1-15(2)21-14-18(16-10-6-4-7-11-16)20(3)19(21)17-12-8-5-9-13-17;/h4-15H,1-3H3;1H/q+1;/p-1. The molecule has 0 aliphatic rings. The quantitative estimate of drug-likeness (QED) is 0.459. The van der Waals surface area contributed by atoms with Gasteiger partial charge in [0.15, 0.2) is 5.69 Å². The molecule has 3 aromatic rings. The zero-order valence-electron chi connectivity index (χ0n) is 13.2. The molecular weight excluding hydrogens is 383 g/mol. The number of aromatic nitrogens is 2. The van der Waals surface area contributed by atoms with Crippen LogP contribution in [-0.4, -0.2) is 4.57 Å². The van der Waals surface area contributed by atoms with Gasteiger partial charge in [0.1, 0.15) is 6.20 Å². The number of imidazole rings is 1. The van der Waals surface area contributed by atoms with Crippen LogP contribution >= 0.6 is 0 Å². The Morgan fingerprint density at radius 1 is 0.818 bits per heavy atom. The second kappa shape index (κ2) is 7.09. The summed E-state index contributed by atoms with van der Waals surface area (Å²) in [7, 11) is 2.14. The van der Waals surface area contributed by atoms with Crippen molar-refractivity contribution in [3.8, 4) is 22.6 Å². The SMILES string of the molecule is CC(C)[n+]1cc(-c2ccccc2)n(C)c1-c1ccccc1.[I-]. The highest BCUT2D eigenvalue weighted by atomic mass is 127. The summed E-state index contributed by atoms with van der Waals surface area (Å²) >= 11 is 0. The molecule has 0 aliphatic carbocycles. The van der Waals surface area contributed by atoms with Crippen molar-refractivity contribution in [3.05, 3.63) is 66.9 Å². The van der Waals surface area contributed by atoms with Crippen LogP contribution in [-0.2, 0) is 7.05 Å². The average Bonchev–Trinajstić information content (AvgIpc) is 2.87. The Labute approximate surface area is 149 Å². The van der Waals surface area contributed by atoms with E-state index in [2.05, 4.69) is 96.9 Å². The largest absolute Gasteiger partial charge is 1.00 e. The Kier molecular flexibility index (Phi) is 5.40. The van der Waals surface area contributed by atoms with Crippen molar-refractivity contribution >= 4 is 0 Å². The molecule has 0 fully saturated rings. The van der Waals surface area contributed by atoms with E-state index in [9.17, 15) is 0 Å². The van der Waals surface area contributed by atoms with Gasteiger partial charge in [-0.05, 0) is 26.0 Å². The minimum atomic E-state index is 0. The van der Waals surface area contributed by atoms with Gasteiger partial charge < -0.3 is 24.0 Å². The summed E-state index contributed by atoms with van der Waals surface area (Å²) < 4.78 is 4.63. The van der Waals surface area contributed by atoms with Crippen molar-refractivity contribution in [1.29, 1.82) is 0 Å². The Morgan fingerprint density at radius 2 is 1.32 bits per heavy atom. The molecule has 1 heterocycles. The molecule has 0 bridgehead atoms. The van der Waals surface area contributed by atoms with Crippen LogP contribution in [0.3, 0.4) is 0 Å². The molecule has 0 saturated carbocycles. The molecule has 3 rings (SSSR count). The zero-order valence-corrected chi connectivity index (χ0v) is 15.4. The lowest BCUT2D eigenvalue weighted by atomic mass is 10.1. The molecule has 0 radical (unpaired) electrons. The third kappa shape index (κ3) is 3.09. The Bertz CT molecular complexity index is 731. The highest BCUT2D eigenvalue weighted by Gasteiger charge is 2.24. The van der Waals surface area contributed by atoms with Gasteiger partial charge in [0.25, 0.3) is 5.82 Å². The molecule has 0 spiro atoms. The van der Waals surface area contributed by atoms with E-state index in [0.29, 0.717) is 6.04 Å². The van der Waals surface area contributed by atoms with Crippen LogP contribution in [0.15, 0.2) is 66.9 Å². The first-order chi connectivity index (χ1) is 10.2. The van der Waals surface area contributed by atoms with Gasteiger partial charge in [-0.25, -0.2) is 9.13 Å². The molecular formula is C19H21IN2. The third-order valence-electron chi connectivity index (χ3n) is 3.84. The minimum absolute atomic E-state index is 0. The first kappa shape index (κ1) is 16.7. The fourth-order valence-electron chi connectivity index (χ4n) is 2.77. The van der Waals surface area contributed by atoms with Gasteiger partial charge in [0.2, 0.25) is 0 Å². The fourth-order valence-corrected chi connectivity index (χ4v) is 2.77. The summed E-state index contributed by atoms with van der Waals surface area (Å²) in [5.74, 6) is 1.24. The predicted octanol–water partition coefficient (Wildman–Crippen LogP) is 1.23. The Balaban J connectivity index is 0.00000176. The van der Waals surface area contributed by atoms with E-state index in [1.165, 1.54) is 22.6 Å². The van der Waals surface area contributed by atoms with Crippen LogP contribution in [0.2, 0.25) is 0 Å². The van der Waals surface area contributed by atoms with Gasteiger partial charge in [0.05, 0.1) is 18.7 Å². The van der Waals surface area contributed by atoms with Gasteiger partial charge >= 0.3 is 0 Å². The molecule has 0 unspecified atom stereocenters. The Hall–Kier alpha value is -1.62. The van der Waals surface area contributed by atoms with E-state index >= 15 is 0 Å². The van der Waals surface area contributed by atoms with E-state index in [1.807, 2.05) is 0 Å². The van der Waals surface area contributed by atoms with Gasteiger partial charge in [-0.3, -0.25) is 0 Å². The minimum Gasteiger partial charge on any atom is -1.00 e. The smallest absolute Gasteiger partial charge is 0.289 e. The van der Waals surface area contributed by atoms with Crippen molar-refractivity contribution in [2.24, 2.45) is 7.05 Å². The molecule has 2 aromatic carbocycles. The van der Waals surface area contributed by atoms with Gasteiger partial charge in [-0.15, -0.1) is 0 Å². The second-order valence-corrected chi connectivity index (χ2v) is 5.63. The maximum atomic E-state index is 2.34. The predicted molar refractivity (Wildman–Crippen MR) is 86.9 cm³/mol. The first-order valence-electron chi connectivity index (χ1n) is 7.40. The maximum absolute atomic E-state index is 2.34. The number of hydrogen-bond acceptors (Lipinski definition) is 0. The van der Waals surface area contributed by atoms with Gasteiger partial charge in [-0.1, -0.05) is 48.5 Å². The van der Waals surface area contributed by atoms with Gasteiger partial charge in [-0.2, -0.15) is 0 Å². The second-order valence-electron chi connectivity index (χ2n) is 5.63. The molecule has 2 nitrogen and oxygen atoms in total. The van der Waals surface area contributed by atoms with Crippen molar-refractivity contribution in [2.75, 3.05) is 0 Å². The third-order valence-corrected chi connectivity index (χ3v) is 3.84. The highest BCUT2D eigenvalue weighted by Crippen LogP contribution is 2.25. The Morgan fingerprint density at radius 3 is 1.82 bits per heavy atom. The molecule has 3 heteroatoms. The molecule has 0 N–H and O–H groups in total. The van der Waals surface area contributed by atoms with Crippen molar-refractivity contribution in [1.82, 2.24) is 4.57 Å². The average molecular weight is 404 g/mol. The fraction of sp³-hybridized carbons (Fsp3) is 0.211. The lowest BCUT2D eigenvalue weighted by Gasteiger charge is -2.05. The summed E-state index contributed by atoms with van der Waals surface area (Å²) in [5, 5.41) is 0. The first-order valence-corrected chi connectivity index (χ1v) is 7.40. The van der Waals surface area contributed by atoms with Crippen LogP contribution in [0.5, 0.6) is 0 Å². The monoisotopic (exact) mass is 404 g/mol. The number of halogens is 1. The van der Waals surface area contributed by atoms with Crippen LogP contribution in [0.25, 0.3) is 22.6 Å². The maximum Gasteiger partial charge on any atom is 0.289 e. The number of rotatable bonds is 3. The van der Waals surface area contributed by atoms with E-state index in [1.54, 1.807) is 0 Å². The molecule has 0 saturated heterocycles. The van der Waals surface area contributed by atoms with Gasteiger partial charge in [0, 0.05) is 5.56 Å². The number of benzene rings is 2. The molecule has 1 aromatic heterocycles. The normalized spacial score (nSPS) is 10.5.